The van der Waals surface area contributed by atoms with E-state index in [4.69, 9.17) is 18.0 Å². The maximum absolute atomic E-state index is 12.2. The second kappa shape index (κ2) is 5.19. The van der Waals surface area contributed by atoms with E-state index < -0.39 is 11.9 Å². The molecule has 18 heavy (non-hydrogen) atoms. The molecule has 0 aliphatic carbocycles. The van der Waals surface area contributed by atoms with Crippen molar-refractivity contribution >= 4 is 35.4 Å². The standard InChI is InChI=1S/C11H15N3O2S2/c1-6-8(18-11(17)13-6)5-9(15)14-4-2-3-7(14)10(12)16/h7H,2-5H2,1H3,(H2,12,16)(H,13,17)/t7-/m0/s1. The number of likely N-dealkylation sites (tertiary alicyclic amines) is 1. The van der Waals surface area contributed by atoms with Gasteiger partial charge in [-0.1, -0.05) is 0 Å². The molecule has 1 saturated heterocycles. The Balaban J connectivity index is 2.10. The van der Waals surface area contributed by atoms with Gasteiger partial charge < -0.3 is 15.6 Å². The lowest BCUT2D eigenvalue weighted by Crippen LogP contribution is -2.44. The van der Waals surface area contributed by atoms with Gasteiger partial charge in [0.05, 0.1) is 6.42 Å². The first-order valence-electron chi connectivity index (χ1n) is 5.76. The van der Waals surface area contributed by atoms with Crippen LogP contribution >= 0.6 is 23.6 Å². The lowest BCUT2D eigenvalue weighted by Gasteiger charge is -2.21. The highest BCUT2D eigenvalue weighted by Gasteiger charge is 2.32. The van der Waals surface area contributed by atoms with Crippen molar-refractivity contribution < 1.29 is 9.59 Å². The highest BCUT2D eigenvalue weighted by molar-refractivity contribution is 7.73. The first-order chi connectivity index (χ1) is 8.49. The summed E-state index contributed by atoms with van der Waals surface area (Å²) >= 11 is 6.44. The summed E-state index contributed by atoms with van der Waals surface area (Å²) in [5.41, 5.74) is 6.22. The Morgan fingerprint density at radius 1 is 1.61 bits per heavy atom. The highest BCUT2D eigenvalue weighted by Crippen LogP contribution is 2.21. The van der Waals surface area contributed by atoms with Crippen molar-refractivity contribution in [1.82, 2.24) is 9.88 Å². The fourth-order valence-corrected chi connectivity index (χ4v) is 3.49. The molecule has 1 aliphatic rings. The van der Waals surface area contributed by atoms with Crippen molar-refractivity contribution in [3.05, 3.63) is 14.5 Å². The van der Waals surface area contributed by atoms with Crippen LogP contribution in [0.3, 0.4) is 0 Å². The maximum Gasteiger partial charge on any atom is 0.240 e. The number of nitrogens with two attached hydrogens (primary N) is 1. The van der Waals surface area contributed by atoms with E-state index in [1.54, 1.807) is 4.90 Å². The molecule has 5 nitrogen and oxygen atoms in total. The molecule has 1 atom stereocenters. The molecule has 1 fully saturated rings. The topological polar surface area (TPSA) is 79.2 Å². The van der Waals surface area contributed by atoms with Crippen LogP contribution in [-0.2, 0) is 16.0 Å². The number of hydrogen-bond acceptors (Lipinski definition) is 4. The summed E-state index contributed by atoms with van der Waals surface area (Å²) in [6, 6.07) is -0.440. The van der Waals surface area contributed by atoms with Crippen LogP contribution in [0.4, 0.5) is 0 Å². The first-order valence-corrected chi connectivity index (χ1v) is 6.99. The highest BCUT2D eigenvalue weighted by atomic mass is 32.1. The van der Waals surface area contributed by atoms with Gasteiger partial charge in [-0.05, 0) is 32.0 Å². The van der Waals surface area contributed by atoms with Crippen LogP contribution in [-0.4, -0.2) is 34.3 Å². The van der Waals surface area contributed by atoms with Crippen LogP contribution in [0.2, 0.25) is 0 Å². The molecule has 1 aromatic heterocycles. The van der Waals surface area contributed by atoms with Crippen LogP contribution in [0.5, 0.6) is 0 Å². The summed E-state index contributed by atoms with van der Waals surface area (Å²) in [5.74, 6) is -0.469. The predicted octanol–water partition coefficient (Wildman–Crippen LogP) is 1.13. The lowest BCUT2D eigenvalue weighted by molar-refractivity contribution is -0.136. The van der Waals surface area contributed by atoms with Crippen LogP contribution < -0.4 is 5.73 Å². The molecule has 98 valence electrons. The number of carbonyl (C=O) groups is 2. The van der Waals surface area contributed by atoms with Gasteiger partial charge in [0.1, 0.15) is 6.04 Å². The fraction of sp³-hybridized carbons (Fsp3) is 0.545. The zero-order valence-corrected chi connectivity index (χ0v) is 11.7. The minimum atomic E-state index is -0.440. The van der Waals surface area contributed by atoms with Gasteiger partial charge in [0.25, 0.3) is 0 Å². The molecular weight excluding hydrogens is 270 g/mol. The van der Waals surface area contributed by atoms with Crippen molar-refractivity contribution in [3.63, 3.8) is 0 Å². The van der Waals surface area contributed by atoms with Gasteiger partial charge in [-0.25, -0.2) is 0 Å². The van der Waals surface area contributed by atoms with Crippen LogP contribution in [0.1, 0.15) is 23.4 Å². The third-order valence-corrected chi connectivity index (χ3v) is 4.47. The first kappa shape index (κ1) is 13.2. The number of nitrogens with zero attached hydrogens (tertiary/aromatic N) is 1. The number of amides is 2. The smallest absolute Gasteiger partial charge is 0.240 e. The molecule has 0 aromatic carbocycles. The van der Waals surface area contributed by atoms with Crippen LogP contribution in [0.15, 0.2) is 0 Å². The number of H-pyrrole nitrogens is 1. The van der Waals surface area contributed by atoms with Gasteiger partial charge in [-0.2, -0.15) is 0 Å². The van der Waals surface area contributed by atoms with Gasteiger partial charge in [0.15, 0.2) is 3.95 Å². The van der Waals surface area contributed by atoms with Gasteiger partial charge in [-0.15, -0.1) is 11.3 Å². The molecule has 0 radical (unpaired) electrons. The average molecular weight is 285 g/mol. The van der Waals surface area contributed by atoms with Gasteiger partial charge >= 0.3 is 0 Å². The van der Waals surface area contributed by atoms with Gasteiger partial charge in [-0.3, -0.25) is 9.59 Å². The monoisotopic (exact) mass is 285 g/mol. The maximum atomic E-state index is 12.2. The van der Waals surface area contributed by atoms with Gasteiger partial charge in [0.2, 0.25) is 11.8 Å². The molecule has 1 aliphatic heterocycles. The number of rotatable bonds is 3. The van der Waals surface area contributed by atoms with Crippen molar-refractivity contribution in [2.45, 2.75) is 32.2 Å². The summed E-state index contributed by atoms with van der Waals surface area (Å²) < 4.78 is 0.670. The number of carbonyl (C=O) groups excluding carboxylic acids is 2. The molecule has 0 bridgehead atoms. The Hall–Kier alpha value is -1.21. The summed E-state index contributed by atoms with van der Waals surface area (Å²) in [6.07, 6.45) is 1.79. The van der Waals surface area contributed by atoms with Crippen LogP contribution in [0, 0.1) is 10.9 Å². The summed E-state index contributed by atoms with van der Waals surface area (Å²) in [7, 11) is 0. The second-order valence-corrected chi connectivity index (χ2v) is 6.16. The van der Waals surface area contributed by atoms with E-state index in [0.717, 1.165) is 17.0 Å². The Morgan fingerprint density at radius 3 is 2.89 bits per heavy atom. The van der Waals surface area contributed by atoms with Crippen LogP contribution in [0.25, 0.3) is 0 Å². The Kier molecular flexibility index (Phi) is 3.82. The molecule has 7 heteroatoms. The fourth-order valence-electron chi connectivity index (χ4n) is 2.21. The van der Waals surface area contributed by atoms with E-state index in [0.29, 0.717) is 16.9 Å². The average Bonchev–Trinajstić information content (AvgIpc) is 2.86. The van der Waals surface area contributed by atoms with E-state index in [2.05, 4.69) is 4.98 Å². The number of nitrogens with one attached hydrogen (secondary N) is 1. The van der Waals surface area contributed by atoms with E-state index in [-0.39, 0.29) is 12.3 Å². The molecule has 2 amide bonds. The summed E-state index contributed by atoms with van der Waals surface area (Å²) in [4.78, 5) is 28.9. The third-order valence-electron chi connectivity index (χ3n) is 3.14. The number of thiazole rings is 1. The molecule has 1 aromatic rings. The molecule has 0 unspecified atom stereocenters. The largest absolute Gasteiger partial charge is 0.368 e. The summed E-state index contributed by atoms with van der Waals surface area (Å²) in [5, 5.41) is 0. The van der Waals surface area contributed by atoms with Crippen molar-refractivity contribution in [2.24, 2.45) is 5.73 Å². The Bertz CT molecular complexity index is 535. The number of aryl methyl sites for hydroxylation is 1. The van der Waals surface area contributed by atoms with E-state index in [1.165, 1.54) is 11.3 Å². The minimum Gasteiger partial charge on any atom is -0.368 e. The van der Waals surface area contributed by atoms with Crippen molar-refractivity contribution in [1.29, 1.82) is 0 Å². The zero-order valence-electron chi connectivity index (χ0n) is 10.1. The second-order valence-electron chi connectivity index (χ2n) is 4.39. The minimum absolute atomic E-state index is 0.0512. The lowest BCUT2D eigenvalue weighted by atomic mass is 10.2. The molecule has 2 heterocycles. The Morgan fingerprint density at radius 2 is 2.33 bits per heavy atom. The number of aromatic nitrogens is 1. The summed E-state index contributed by atoms with van der Waals surface area (Å²) in [6.45, 7) is 2.51. The van der Waals surface area contributed by atoms with E-state index in [1.807, 2.05) is 6.92 Å². The SMILES string of the molecule is Cc1[nH]c(=S)sc1CC(=O)N1CCC[C@H]1C(N)=O. The quantitative estimate of drug-likeness (QED) is 0.817. The molecule has 0 saturated carbocycles. The Labute approximate surface area is 114 Å². The van der Waals surface area contributed by atoms with E-state index in [9.17, 15) is 9.59 Å². The molecule has 3 N–H and O–H groups in total. The van der Waals surface area contributed by atoms with Crippen molar-refractivity contribution in [2.75, 3.05) is 6.54 Å². The zero-order chi connectivity index (χ0) is 13.3. The third kappa shape index (κ3) is 2.62. The number of hydrogen-bond donors (Lipinski definition) is 2. The molecule has 2 rings (SSSR count). The predicted molar refractivity (Wildman–Crippen MR) is 71.9 cm³/mol. The normalized spacial score (nSPS) is 19.2. The number of primary amides is 1. The molecular formula is C11H15N3O2S2. The van der Waals surface area contributed by atoms with E-state index >= 15 is 0 Å². The number of aromatic amines is 1. The van der Waals surface area contributed by atoms with Crippen molar-refractivity contribution in [3.8, 4) is 0 Å². The van der Waals surface area contributed by atoms with Gasteiger partial charge in [0, 0.05) is 17.1 Å². The molecule has 0 spiro atoms.